The Morgan fingerprint density at radius 3 is 0.650 bits per heavy atom. The minimum absolute atomic E-state index is 1.01. The van der Waals surface area contributed by atoms with E-state index in [4.69, 9.17) is 0 Å². The highest BCUT2D eigenvalue weighted by Crippen LogP contribution is 2.58. The lowest BCUT2D eigenvalue weighted by molar-refractivity contribution is -0.391. The molecule has 0 nitrogen and oxygen atoms in total. The molecule has 2 unspecified atom stereocenters. The van der Waals surface area contributed by atoms with Gasteiger partial charge in [-0.15, -0.1) is 0 Å². The van der Waals surface area contributed by atoms with E-state index in [9.17, 15) is 52.7 Å². The molecule has 20 heavy (non-hydrogen) atoms. The van der Waals surface area contributed by atoms with Crippen LogP contribution >= 0.6 is 0 Å². The van der Waals surface area contributed by atoms with Crippen LogP contribution in [0.15, 0.2) is 0 Å². The first kappa shape index (κ1) is 19.2. The summed E-state index contributed by atoms with van der Waals surface area (Å²) in [6.07, 6.45) is -13.7. The Morgan fingerprint density at radius 1 is 0.400 bits per heavy atom. The Labute approximate surface area is 103 Å². The van der Waals surface area contributed by atoms with Crippen LogP contribution in [-0.4, -0.2) is 35.5 Å². The fourth-order valence-corrected chi connectivity index (χ4v) is 1.12. The van der Waals surface area contributed by atoms with Crippen LogP contribution in [0.5, 0.6) is 0 Å². The average molecular weight is 330 g/mol. The van der Waals surface area contributed by atoms with Crippen molar-refractivity contribution in [3.63, 3.8) is 0 Å². The van der Waals surface area contributed by atoms with Crippen molar-refractivity contribution in [1.29, 1.82) is 0 Å². The summed E-state index contributed by atoms with van der Waals surface area (Å²) >= 11 is 0. The first-order valence-corrected chi connectivity index (χ1v) is 4.52. The van der Waals surface area contributed by atoms with Crippen molar-refractivity contribution in [3.8, 4) is 0 Å². The van der Waals surface area contributed by atoms with Crippen LogP contribution in [0, 0.1) is 0 Å². The lowest BCUT2D eigenvalue weighted by Gasteiger charge is -2.43. The van der Waals surface area contributed by atoms with Gasteiger partial charge in [0.1, 0.15) is 0 Å². The third-order valence-electron chi connectivity index (χ3n) is 2.77. The standard InChI is InChI=1S/C8H6F12/c1-3(9,5(11,12)7(15,16)17)4(2,10)6(13,14)8(18,19)20/h1-2H3. The van der Waals surface area contributed by atoms with Gasteiger partial charge in [-0.3, -0.25) is 0 Å². The van der Waals surface area contributed by atoms with Crippen molar-refractivity contribution >= 4 is 0 Å². The smallest absolute Gasteiger partial charge is 0.233 e. The molecule has 0 radical (unpaired) electrons. The predicted octanol–water partition coefficient (Wildman–Crippen LogP) is 4.84. The predicted molar refractivity (Wildman–Crippen MR) is 41.0 cm³/mol. The first-order chi connectivity index (χ1) is 8.25. The van der Waals surface area contributed by atoms with Gasteiger partial charge in [-0.2, -0.15) is 43.9 Å². The summed E-state index contributed by atoms with van der Waals surface area (Å²) in [6.45, 7) is -2.03. The van der Waals surface area contributed by atoms with E-state index in [2.05, 4.69) is 0 Å². The van der Waals surface area contributed by atoms with Crippen LogP contribution < -0.4 is 0 Å². The molecule has 0 N–H and O–H groups in total. The summed E-state index contributed by atoms with van der Waals surface area (Å²) in [7, 11) is 0. The Balaban J connectivity index is 6.08. The Morgan fingerprint density at radius 2 is 0.550 bits per heavy atom. The number of hydrogen-bond donors (Lipinski definition) is 0. The Hall–Kier alpha value is -0.840. The van der Waals surface area contributed by atoms with Crippen molar-refractivity contribution in [2.75, 3.05) is 0 Å². The van der Waals surface area contributed by atoms with Crippen molar-refractivity contribution in [3.05, 3.63) is 0 Å². The van der Waals surface area contributed by atoms with Gasteiger partial charge in [-0.05, 0) is 13.8 Å². The molecule has 0 amide bonds. The van der Waals surface area contributed by atoms with Crippen LogP contribution in [-0.2, 0) is 0 Å². The van der Waals surface area contributed by atoms with Crippen LogP contribution in [0.25, 0.3) is 0 Å². The van der Waals surface area contributed by atoms with Crippen LogP contribution in [0.1, 0.15) is 13.8 Å². The molecule has 0 fully saturated rings. The van der Waals surface area contributed by atoms with Crippen LogP contribution in [0.2, 0.25) is 0 Å². The molecular formula is C8H6F12. The van der Waals surface area contributed by atoms with E-state index in [-0.39, 0.29) is 0 Å². The molecule has 0 aliphatic rings. The third kappa shape index (κ3) is 2.30. The van der Waals surface area contributed by atoms with Crippen molar-refractivity contribution in [2.24, 2.45) is 0 Å². The van der Waals surface area contributed by atoms with Gasteiger partial charge in [0.15, 0.2) is 0 Å². The highest BCUT2D eigenvalue weighted by Gasteiger charge is 2.84. The third-order valence-corrected chi connectivity index (χ3v) is 2.77. The molecular weight excluding hydrogens is 324 g/mol. The number of hydrogen-bond acceptors (Lipinski definition) is 0. The van der Waals surface area contributed by atoms with E-state index < -0.39 is 49.4 Å². The molecule has 122 valence electrons. The second-order valence-corrected chi connectivity index (χ2v) is 4.15. The molecule has 2 atom stereocenters. The highest BCUT2D eigenvalue weighted by molar-refractivity contribution is 5.14. The topological polar surface area (TPSA) is 0 Å². The van der Waals surface area contributed by atoms with Crippen LogP contribution in [0.3, 0.4) is 0 Å². The fraction of sp³-hybridized carbons (Fsp3) is 1.00. The van der Waals surface area contributed by atoms with Gasteiger partial charge in [0.25, 0.3) is 0 Å². The molecule has 0 heterocycles. The molecule has 0 aromatic rings. The molecule has 0 aromatic carbocycles. The summed E-state index contributed by atoms with van der Waals surface area (Å²) in [6, 6.07) is 0. The van der Waals surface area contributed by atoms with Crippen molar-refractivity contribution in [1.82, 2.24) is 0 Å². The minimum Gasteiger partial charge on any atom is -0.233 e. The molecule has 0 aliphatic carbocycles. The van der Waals surface area contributed by atoms with Gasteiger partial charge in [-0.25, -0.2) is 8.78 Å². The zero-order chi connectivity index (χ0) is 17.0. The lowest BCUT2D eigenvalue weighted by atomic mass is 9.78. The minimum atomic E-state index is -6.87. The normalized spacial score (nSPS) is 21.3. The molecule has 12 heteroatoms. The van der Waals surface area contributed by atoms with Crippen LogP contribution in [0.4, 0.5) is 52.7 Å². The van der Waals surface area contributed by atoms with E-state index in [1.54, 1.807) is 0 Å². The quantitative estimate of drug-likeness (QED) is 0.650. The maximum absolute atomic E-state index is 13.3. The highest BCUT2D eigenvalue weighted by atomic mass is 19.4. The lowest BCUT2D eigenvalue weighted by Crippen LogP contribution is -2.70. The van der Waals surface area contributed by atoms with E-state index in [0.29, 0.717) is 0 Å². The molecule has 0 aliphatic heterocycles. The van der Waals surface area contributed by atoms with Gasteiger partial charge < -0.3 is 0 Å². The number of rotatable bonds is 3. The van der Waals surface area contributed by atoms with Gasteiger partial charge >= 0.3 is 24.2 Å². The summed E-state index contributed by atoms with van der Waals surface area (Å²) in [5, 5.41) is 0. The SMILES string of the molecule is CC(F)(C(C)(F)C(F)(F)C(F)(F)F)C(F)(F)C(F)(F)F. The van der Waals surface area contributed by atoms with Gasteiger partial charge in [-0.1, -0.05) is 0 Å². The average Bonchev–Trinajstić information content (AvgIpc) is 2.12. The fourth-order valence-electron chi connectivity index (χ4n) is 1.12. The van der Waals surface area contributed by atoms with E-state index in [1.165, 1.54) is 0 Å². The largest absolute Gasteiger partial charge is 0.456 e. The molecule has 0 bridgehead atoms. The zero-order valence-electron chi connectivity index (χ0n) is 9.54. The van der Waals surface area contributed by atoms with Gasteiger partial charge in [0, 0.05) is 0 Å². The summed E-state index contributed by atoms with van der Waals surface area (Å²) in [5.74, 6) is -13.6. The zero-order valence-corrected chi connectivity index (χ0v) is 9.54. The first-order valence-electron chi connectivity index (χ1n) is 4.52. The second kappa shape index (κ2) is 4.33. The second-order valence-electron chi connectivity index (χ2n) is 4.15. The van der Waals surface area contributed by atoms with Crippen molar-refractivity contribution in [2.45, 2.75) is 49.4 Å². The number of halogens is 12. The van der Waals surface area contributed by atoms with Gasteiger partial charge in [0.05, 0.1) is 0 Å². The molecule has 0 rings (SSSR count). The maximum Gasteiger partial charge on any atom is 0.456 e. The monoisotopic (exact) mass is 330 g/mol. The molecule has 0 saturated carbocycles. The molecule has 0 aromatic heterocycles. The maximum atomic E-state index is 13.3. The molecule has 0 saturated heterocycles. The Kier molecular flexibility index (Phi) is 4.14. The summed E-state index contributed by atoms with van der Waals surface area (Å²) < 4.78 is 149. The van der Waals surface area contributed by atoms with E-state index >= 15 is 0 Å². The summed E-state index contributed by atoms with van der Waals surface area (Å²) in [5.41, 5.74) is -11.8. The number of alkyl halides is 12. The van der Waals surface area contributed by atoms with E-state index in [1.807, 2.05) is 0 Å². The van der Waals surface area contributed by atoms with Crippen molar-refractivity contribution < 1.29 is 52.7 Å². The molecule has 0 spiro atoms. The van der Waals surface area contributed by atoms with Gasteiger partial charge in [0.2, 0.25) is 11.3 Å². The Bertz CT molecular complexity index is 321. The van der Waals surface area contributed by atoms with E-state index in [0.717, 1.165) is 0 Å². The summed E-state index contributed by atoms with van der Waals surface area (Å²) in [4.78, 5) is 0.